The number of nitrogens with one attached hydrogen (secondary N) is 1. The molecular weight excluding hydrogens is 301 g/mol. The molecule has 0 fully saturated rings. The van der Waals surface area contributed by atoms with Crippen molar-refractivity contribution in [1.29, 1.82) is 0 Å². The summed E-state index contributed by atoms with van der Waals surface area (Å²) in [7, 11) is 0. The van der Waals surface area contributed by atoms with E-state index in [1.165, 1.54) is 18.2 Å². The first kappa shape index (κ1) is 14.5. The Kier molecular flexibility index (Phi) is 4.07. The third kappa shape index (κ3) is 3.26. The van der Waals surface area contributed by atoms with E-state index in [0.29, 0.717) is 5.56 Å². The maximum atomic E-state index is 13.0. The van der Waals surface area contributed by atoms with E-state index in [1.54, 1.807) is 0 Å². The highest BCUT2D eigenvalue weighted by Gasteiger charge is 2.08. The van der Waals surface area contributed by atoms with Gasteiger partial charge in [-0.25, -0.2) is 4.39 Å². The molecule has 2 nitrogen and oxygen atoms in total. The van der Waals surface area contributed by atoms with Crippen LogP contribution in [0.3, 0.4) is 0 Å². The highest BCUT2D eigenvalue weighted by Crippen LogP contribution is 2.21. The molecule has 0 aliphatic carbocycles. The van der Waals surface area contributed by atoms with Crippen LogP contribution in [0.1, 0.15) is 5.56 Å². The Morgan fingerprint density at radius 3 is 2.55 bits per heavy atom. The van der Waals surface area contributed by atoms with Crippen molar-refractivity contribution >= 4 is 34.0 Å². The van der Waals surface area contributed by atoms with E-state index in [1.807, 2.05) is 42.5 Å². The molecule has 0 saturated carbocycles. The minimum atomic E-state index is -0.413. The Balaban J connectivity index is 1.75. The summed E-state index contributed by atoms with van der Waals surface area (Å²) in [5.74, 6) is -0.604. The van der Waals surface area contributed by atoms with Gasteiger partial charge in [-0.05, 0) is 40.6 Å². The summed E-state index contributed by atoms with van der Waals surface area (Å²) in [6.07, 6.45) is 0.103. The van der Waals surface area contributed by atoms with Gasteiger partial charge in [0, 0.05) is 10.7 Å². The van der Waals surface area contributed by atoms with E-state index in [-0.39, 0.29) is 17.4 Å². The largest absolute Gasteiger partial charge is 0.326 e. The molecule has 3 aromatic rings. The van der Waals surface area contributed by atoms with Gasteiger partial charge in [0.15, 0.2) is 0 Å². The van der Waals surface area contributed by atoms with Gasteiger partial charge in [-0.15, -0.1) is 0 Å². The standard InChI is InChI=1S/C18H13ClFNO/c19-17-11-15(20)7-5-14(17)10-18(22)21-16-8-6-12-3-1-2-4-13(12)9-16/h1-9,11H,10H2,(H,21,22). The van der Waals surface area contributed by atoms with Gasteiger partial charge in [-0.1, -0.05) is 48.0 Å². The molecule has 0 aliphatic rings. The molecule has 0 unspecified atom stereocenters. The van der Waals surface area contributed by atoms with E-state index in [9.17, 15) is 9.18 Å². The van der Waals surface area contributed by atoms with E-state index < -0.39 is 5.82 Å². The molecule has 3 aromatic carbocycles. The van der Waals surface area contributed by atoms with Crippen LogP contribution < -0.4 is 5.32 Å². The van der Waals surface area contributed by atoms with Gasteiger partial charge in [0.1, 0.15) is 5.82 Å². The zero-order valence-corrected chi connectivity index (χ0v) is 12.4. The highest BCUT2D eigenvalue weighted by molar-refractivity contribution is 6.31. The van der Waals surface area contributed by atoms with E-state index in [2.05, 4.69) is 5.32 Å². The molecule has 1 amide bonds. The lowest BCUT2D eigenvalue weighted by Crippen LogP contribution is -2.14. The van der Waals surface area contributed by atoms with Crippen LogP contribution in [-0.4, -0.2) is 5.91 Å². The average molecular weight is 314 g/mol. The molecule has 0 aliphatic heterocycles. The molecule has 3 rings (SSSR count). The van der Waals surface area contributed by atoms with Crippen molar-refractivity contribution in [3.63, 3.8) is 0 Å². The predicted octanol–water partition coefficient (Wildman–Crippen LogP) is 4.81. The molecule has 0 spiro atoms. The van der Waals surface area contributed by atoms with Crippen molar-refractivity contribution in [2.24, 2.45) is 0 Å². The number of benzene rings is 3. The van der Waals surface area contributed by atoms with E-state index >= 15 is 0 Å². The van der Waals surface area contributed by atoms with Crippen molar-refractivity contribution in [1.82, 2.24) is 0 Å². The van der Waals surface area contributed by atoms with Gasteiger partial charge in [0.05, 0.1) is 6.42 Å². The Morgan fingerprint density at radius 1 is 1.00 bits per heavy atom. The minimum absolute atomic E-state index is 0.103. The summed E-state index contributed by atoms with van der Waals surface area (Å²) in [5.41, 5.74) is 1.32. The van der Waals surface area contributed by atoms with Crippen LogP contribution in [-0.2, 0) is 11.2 Å². The fourth-order valence-electron chi connectivity index (χ4n) is 2.31. The number of amides is 1. The first-order chi connectivity index (χ1) is 10.6. The summed E-state index contributed by atoms with van der Waals surface area (Å²) in [5, 5.41) is 5.26. The monoisotopic (exact) mass is 313 g/mol. The molecule has 1 N–H and O–H groups in total. The van der Waals surface area contributed by atoms with Crippen molar-refractivity contribution in [2.75, 3.05) is 5.32 Å². The molecule has 0 atom stereocenters. The zero-order chi connectivity index (χ0) is 15.5. The summed E-state index contributed by atoms with van der Waals surface area (Å²) in [4.78, 5) is 12.1. The lowest BCUT2D eigenvalue weighted by molar-refractivity contribution is -0.115. The normalized spacial score (nSPS) is 10.6. The lowest BCUT2D eigenvalue weighted by atomic mass is 10.1. The van der Waals surface area contributed by atoms with Gasteiger partial charge in [-0.3, -0.25) is 4.79 Å². The van der Waals surface area contributed by atoms with E-state index in [4.69, 9.17) is 11.6 Å². The quantitative estimate of drug-likeness (QED) is 0.738. The molecule has 22 heavy (non-hydrogen) atoms. The number of halogens is 2. The minimum Gasteiger partial charge on any atom is -0.326 e. The molecule has 0 bridgehead atoms. The van der Waals surface area contributed by atoms with Gasteiger partial charge < -0.3 is 5.32 Å². The SMILES string of the molecule is O=C(Cc1ccc(F)cc1Cl)Nc1ccc2ccccc2c1. The van der Waals surface area contributed by atoms with Crippen LogP contribution >= 0.6 is 11.6 Å². The average Bonchev–Trinajstić information content (AvgIpc) is 2.50. The lowest BCUT2D eigenvalue weighted by Gasteiger charge is -2.08. The van der Waals surface area contributed by atoms with Crippen LogP contribution in [0, 0.1) is 5.82 Å². The molecule has 0 radical (unpaired) electrons. The Hall–Kier alpha value is -2.39. The number of carbonyl (C=O) groups is 1. The van der Waals surface area contributed by atoms with Gasteiger partial charge in [-0.2, -0.15) is 0 Å². The number of anilines is 1. The molecular formula is C18H13ClFNO. The zero-order valence-electron chi connectivity index (χ0n) is 11.6. The van der Waals surface area contributed by atoms with Crippen molar-refractivity contribution < 1.29 is 9.18 Å². The second kappa shape index (κ2) is 6.16. The number of carbonyl (C=O) groups excluding carboxylic acids is 1. The fraction of sp³-hybridized carbons (Fsp3) is 0.0556. The first-order valence-electron chi connectivity index (χ1n) is 6.84. The highest BCUT2D eigenvalue weighted by atomic mass is 35.5. The van der Waals surface area contributed by atoms with Gasteiger partial charge >= 0.3 is 0 Å². The molecule has 0 aromatic heterocycles. The maximum absolute atomic E-state index is 13.0. The maximum Gasteiger partial charge on any atom is 0.228 e. The smallest absolute Gasteiger partial charge is 0.228 e. The second-order valence-corrected chi connectivity index (χ2v) is 5.43. The molecule has 4 heteroatoms. The van der Waals surface area contributed by atoms with Crippen molar-refractivity contribution in [3.8, 4) is 0 Å². The van der Waals surface area contributed by atoms with Crippen molar-refractivity contribution in [3.05, 3.63) is 77.1 Å². The third-order valence-electron chi connectivity index (χ3n) is 3.40. The summed E-state index contributed by atoms with van der Waals surface area (Å²) in [6, 6.07) is 17.7. The second-order valence-electron chi connectivity index (χ2n) is 5.02. The van der Waals surface area contributed by atoms with Gasteiger partial charge in [0.25, 0.3) is 0 Å². The summed E-state index contributed by atoms with van der Waals surface area (Å²) in [6.45, 7) is 0. The molecule has 110 valence electrons. The predicted molar refractivity (Wildman–Crippen MR) is 87.7 cm³/mol. The third-order valence-corrected chi connectivity index (χ3v) is 3.75. The van der Waals surface area contributed by atoms with Crippen LogP contribution in [0.5, 0.6) is 0 Å². The Morgan fingerprint density at radius 2 is 1.77 bits per heavy atom. The summed E-state index contributed by atoms with van der Waals surface area (Å²) < 4.78 is 13.0. The van der Waals surface area contributed by atoms with Crippen LogP contribution in [0.25, 0.3) is 10.8 Å². The number of hydrogen-bond donors (Lipinski definition) is 1. The van der Waals surface area contributed by atoms with E-state index in [0.717, 1.165) is 16.5 Å². The number of fused-ring (bicyclic) bond motifs is 1. The first-order valence-corrected chi connectivity index (χ1v) is 7.22. The summed E-state index contributed by atoms with van der Waals surface area (Å²) >= 11 is 5.93. The molecule has 0 saturated heterocycles. The van der Waals surface area contributed by atoms with Crippen LogP contribution in [0.4, 0.5) is 10.1 Å². The number of rotatable bonds is 3. The fourth-order valence-corrected chi connectivity index (χ4v) is 2.54. The Bertz CT molecular complexity index is 847. The Labute approximate surface area is 132 Å². The number of hydrogen-bond acceptors (Lipinski definition) is 1. The van der Waals surface area contributed by atoms with Crippen LogP contribution in [0.2, 0.25) is 5.02 Å². The topological polar surface area (TPSA) is 29.1 Å². The van der Waals surface area contributed by atoms with Crippen molar-refractivity contribution in [2.45, 2.75) is 6.42 Å². The van der Waals surface area contributed by atoms with Gasteiger partial charge in [0.2, 0.25) is 5.91 Å². The molecule has 0 heterocycles. The van der Waals surface area contributed by atoms with Crippen LogP contribution in [0.15, 0.2) is 60.7 Å².